The van der Waals surface area contributed by atoms with Crippen molar-refractivity contribution in [1.82, 2.24) is 10.6 Å². The molecule has 0 aliphatic carbocycles. The Morgan fingerprint density at radius 1 is 1.26 bits per heavy atom. The van der Waals surface area contributed by atoms with Crippen LogP contribution in [-0.2, 0) is 9.59 Å². The highest BCUT2D eigenvalue weighted by molar-refractivity contribution is 7.08. The van der Waals surface area contributed by atoms with Gasteiger partial charge in [-0.25, -0.2) is 0 Å². The first-order valence-electron chi connectivity index (χ1n) is 7.70. The molecule has 0 saturated carbocycles. The second-order valence-corrected chi connectivity index (χ2v) is 6.62. The molecule has 0 aliphatic rings. The van der Waals surface area contributed by atoms with Crippen LogP contribution in [0.1, 0.15) is 43.5 Å². The lowest BCUT2D eigenvalue weighted by Gasteiger charge is -2.15. The Kier molecular flexibility index (Phi) is 8.32. The van der Waals surface area contributed by atoms with Crippen molar-refractivity contribution in [3.8, 4) is 0 Å². The van der Waals surface area contributed by atoms with Gasteiger partial charge in [0.25, 0.3) is 5.91 Å². The van der Waals surface area contributed by atoms with E-state index in [9.17, 15) is 14.4 Å². The first-order valence-corrected chi connectivity index (χ1v) is 8.64. The second-order valence-electron chi connectivity index (χ2n) is 5.84. The molecule has 0 radical (unpaired) electrons. The van der Waals surface area contributed by atoms with E-state index in [2.05, 4.69) is 10.6 Å². The van der Waals surface area contributed by atoms with Gasteiger partial charge in [-0.15, -0.1) is 0 Å². The van der Waals surface area contributed by atoms with Crippen LogP contribution in [0.4, 0.5) is 0 Å². The number of rotatable bonds is 10. The maximum absolute atomic E-state index is 11.7. The van der Waals surface area contributed by atoms with E-state index in [0.717, 1.165) is 0 Å². The largest absolute Gasteiger partial charge is 0.481 e. The summed E-state index contributed by atoms with van der Waals surface area (Å²) < 4.78 is 0. The van der Waals surface area contributed by atoms with Crippen LogP contribution in [-0.4, -0.2) is 36.0 Å². The molecule has 1 atom stereocenters. The number of aliphatic carboxylic acids is 1. The smallest absolute Gasteiger partial charge is 0.308 e. The number of carbonyl (C=O) groups excluding carboxylic acids is 2. The Balaban J connectivity index is 2.18. The zero-order chi connectivity index (χ0) is 17.2. The molecule has 1 heterocycles. The minimum atomic E-state index is -0.887. The Hall–Kier alpha value is -1.89. The maximum Gasteiger partial charge on any atom is 0.308 e. The quantitative estimate of drug-likeness (QED) is 0.569. The van der Waals surface area contributed by atoms with E-state index in [1.165, 1.54) is 11.3 Å². The highest BCUT2D eigenvalue weighted by Crippen LogP contribution is 2.11. The van der Waals surface area contributed by atoms with E-state index >= 15 is 0 Å². The molecule has 1 aromatic heterocycles. The molecule has 0 saturated heterocycles. The van der Waals surface area contributed by atoms with Gasteiger partial charge in [0.2, 0.25) is 5.91 Å². The van der Waals surface area contributed by atoms with Gasteiger partial charge in [0.1, 0.15) is 0 Å². The number of amides is 2. The fourth-order valence-corrected chi connectivity index (χ4v) is 2.75. The average molecular weight is 340 g/mol. The third-order valence-corrected chi connectivity index (χ3v) is 3.98. The Morgan fingerprint density at radius 3 is 2.57 bits per heavy atom. The second kappa shape index (κ2) is 9.99. The third kappa shape index (κ3) is 7.78. The summed E-state index contributed by atoms with van der Waals surface area (Å²) >= 11 is 1.45. The van der Waals surface area contributed by atoms with Crippen molar-refractivity contribution in [1.29, 1.82) is 0 Å². The van der Waals surface area contributed by atoms with Gasteiger partial charge in [0, 0.05) is 30.5 Å². The van der Waals surface area contributed by atoms with E-state index in [-0.39, 0.29) is 30.7 Å². The SMILES string of the molecule is CC(C)CC(CNC(=O)CCCNC(=O)c1ccsc1)C(=O)O. The summed E-state index contributed by atoms with van der Waals surface area (Å²) in [7, 11) is 0. The fourth-order valence-electron chi connectivity index (χ4n) is 2.11. The first kappa shape index (κ1) is 19.2. The van der Waals surface area contributed by atoms with Crippen molar-refractivity contribution in [3.63, 3.8) is 0 Å². The fraction of sp³-hybridized carbons (Fsp3) is 0.562. The van der Waals surface area contributed by atoms with Crippen LogP contribution in [0.3, 0.4) is 0 Å². The topological polar surface area (TPSA) is 95.5 Å². The molecule has 0 aliphatic heterocycles. The number of carboxylic acids is 1. The summed E-state index contributed by atoms with van der Waals surface area (Å²) in [5.41, 5.74) is 0.623. The summed E-state index contributed by atoms with van der Waals surface area (Å²) in [6, 6.07) is 1.74. The predicted molar refractivity (Wildman–Crippen MR) is 89.5 cm³/mol. The molecule has 0 spiro atoms. The van der Waals surface area contributed by atoms with Crippen LogP contribution in [0.2, 0.25) is 0 Å². The van der Waals surface area contributed by atoms with Gasteiger partial charge in [-0.05, 0) is 30.2 Å². The maximum atomic E-state index is 11.7. The van der Waals surface area contributed by atoms with E-state index in [1.54, 1.807) is 11.4 Å². The highest BCUT2D eigenvalue weighted by atomic mass is 32.1. The standard InChI is InChI=1S/C16H24N2O4S/c1-11(2)8-13(16(21)22)9-18-14(19)4-3-6-17-15(20)12-5-7-23-10-12/h5,7,10-11,13H,3-4,6,8-9H2,1-2H3,(H,17,20)(H,18,19)(H,21,22). The lowest BCUT2D eigenvalue weighted by Crippen LogP contribution is -2.34. The number of hydrogen-bond donors (Lipinski definition) is 3. The lowest BCUT2D eigenvalue weighted by atomic mass is 9.97. The zero-order valence-electron chi connectivity index (χ0n) is 13.5. The van der Waals surface area contributed by atoms with Crippen molar-refractivity contribution < 1.29 is 19.5 Å². The monoisotopic (exact) mass is 340 g/mol. The van der Waals surface area contributed by atoms with E-state index in [1.807, 2.05) is 19.2 Å². The number of carbonyl (C=O) groups is 3. The number of carboxylic acid groups (broad SMARTS) is 1. The van der Waals surface area contributed by atoms with Crippen LogP contribution in [0.25, 0.3) is 0 Å². The Labute approximate surface area is 140 Å². The minimum absolute atomic E-state index is 0.144. The van der Waals surface area contributed by atoms with Crippen LogP contribution in [0, 0.1) is 11.8 Å². The molecule has 1 unspecified atom stereocenters. The van der Waals surface area contributed by atoms with Crippen molar-refractivity contribution in [2.75, 3.05) is 13.1 Å². The van der Waals surface area contributed by atoms with Crippen LogP contribution in [0.15, 0.2) is 16.8 Å². The Morgan fingerprint density at radius 2 is 2.00 bits per heavy atom. The van der Waals surface area contributed by atoms with Gasteiger partial charge in [0.05, 0.1) is 5.92 Å². The average Bonchev–Trinajstić information content (AvgIpc) is 3.01. The van der Waals surface area contributed by atoms with Crippen molar-refractivity contribution in [2.24, 2.45) is 11.8 Å². The van der Waals surface area contributed by atoms with E-state index in [4.69, 9.17) is 5.11 Å². The van der Waals surface area contributed by atoms with Crippen LogP contribution < -0.4 is 10.6 Å². The first-order chi connectivity index (χ1) is 10.9. The molecule has 1 aromatic rings. The van der Waals surface area contributed by atoms with Gasteiger partial charge >= 0.3 is 5.97 Å². The molecule has 0 fully saturated rings. The van der Waals surface area contributed by atoms with Crippen molar-refractivity contribution in [3.05, 3.63) is 22.4 Å². The summed E-state index contributed by atoms with van der Waals surface area (Å²) in [6.45, 7) is 4.46. The van der Waals surface area contributed by atoms with Gasteiger partial charge in [-0.2, -0.15) is 11.3 Å². The molecular weight excluding hydrogens is 316 g/mol. The van der Waals surface area contributed by atoms with Crippen molar-refractivity contribution in [2.45, 2.75) is 33.1 Å². The number of nitrogens with one attached hydrogen (secondary N) is 2. The summed E-state index contributed by atoms with van der Waals surface area (Å²) in [5, 5.41) is 18.1. The highest BCUT2D eigenvalue weighted by Gasteiger charge is 2.19. The van der Waals surface area contributed by atoms with E-state index < -0.39 is 11.9 Å². The number of hydrogen-bond acceptors (Lipinski definition) is 4. The predicted octanol–water partition coefficient (Wildman–Crippen LogP) is 2.12. The molecular formula is C16H24N2O4S. The van der Waals surface area contributed by atoms with Gasteiger partial charge in [-0.3, -0.25) is 14.4 Å². The summed E-state index contributed by atoms with van der Waals surface area (Å²) in [4.78, 5) is 34.5. The summed E-state index contributed by atoms with van der Waals surface area (Å²) in [5.74, 6) is -1.51. The molecule has 0 aromatic carbocycles. The van der Waals surface area contributed by atoms with Gasteiger partial charge in [-0.1, -0.05) is 13.8 Å². The molecule has 128 valence electrons. The Bertz CT molecular complexity index is 514. The van der Waals surface area contributed by atoms with Gasteiger partial charge < -0.3 is 15.7 Å². The molecule has 0 bridgehead atoms. The zero-order valence-corrected chi connectivity index (χ0v) is 14.3. The molecule has 2 amide bonds. The molecule has 3 N–H and O–H groups in total. The van der Waals surface area contributed by atoms with Crippen LogP contribution in [0.5, 0.6) is 0 Å². The van der Waals surface area contributed by atoms with Crippen molar-refractivity contribution >= 4 is 29.1 Å². The molecule has 1 rings (SSSR count). The minimum Gasteiger partial charge on any atom is -0.481 e. The number of thiophene rings is 1. The molecule has 7 heteroatoms. The third-order valence-electron chi connectivity index (χ3n) is 3.30. The molecule has 6 nitrogen and oxygen atoms in total. The van der Waals surface area contributed by atoms with Gasteiger partial charge in [0.15, 0.2) is 0 Å². The normalized spacial score (nSPS) is 12.0. The van der Waals surface area contributed by atoms with E-state index in [0.29, 0.717) is 24.9 Å². The summed E-state index contributed by atoms with van der Waals surface area (Å²) in [6.07, 6.45) is 1.31. The van der Waals surface area contributed by atoms with Crippen LogP contribution >= 0.6 is 11.3 Å². The molecule has 23 heavy (non-hydrogen) atoms. The lowest BCUT2D eigenvalue weighted by molar-refractivity contribution is -0.142.